The van der Waals surface area contributed by atoms with Crippen molar-refractivity contribution in [3.05, 3.63) is 36.4 Å². The zero-order valence-corrected chi connectivity index (χ0v) is 24.7. The number of hydrogen-bond acceptors (Lipinski definition) is 5. The smallest absolute Gasteiger partial charge is 0.224 e. The minimum atomic E-state index is -7.39. The highest BCUT2D eigenvalue weighted by molar-refractivity contribution is 8.33. The second-order valence-corrected chi connectivity index (χ2v) is 18.4. The van der Waals surface area contributed by atoms with E-state index in [2.05, 4.69) is 3.63 Å². The number of alkyl halides is 9. The second kappa shape index (κ2) is 10.4. The van der Waals surface area contributed by atoms with Gasteiger partial charge < -0.3 is 0 Å². The average molecular weight is 687 g/mol. The molecule has 17 heteroatoms. The molecular formula is C26H27F9O5S3. The van der Waals surface area contributed by atoms with Gasteiger partial charge >= 0.3 is 33.4 Å². The van der Waals surface area contributed by atoms with Crippen LogP contribution in [0, 0.1) is 17.8 Å². The maximum Gasteiger partial charge on any atom is 0.460 e. The van der Waals surface area contributed by atoms with Crippen LogP contribution in [0.2, 0.25) is 0 Å². The van der Waals surface area contributed by atoms with Crippen LogP contribution >= 0.6 is 10.3 Å². The molecule has 3 atom stereocenters. The van der Waals surface area contributed by atoms with Gasteiger partial charge in [0.25, 0.3) is 0 Å². The normalized spacial score (nSPS) is 25.8. The Morgan fingerprint density at radius 2 is 1.37 bits per heavy atom. The number of halogens is 9. The van der Waals surface area contributed by atoms with Crippen LogP contribution in [0.3, 0.4) is 0 Å². The Bertz CT molecular complexity index is 1620. The molecule has 2 saturated carbocycles. The van der Waals surface area contributed by atoms with Crippen LogP contribution in [0.1, 0.15) is 38.5 Å². The monoisotopic (exact) mass is 686 g/mol. The van der Waals surface area contributed by atoms with Crippen molar-refractivity contribution in [1.82, 2.24) is 0 Å². The highest BCUT2D eigenvalue weighted by atomic mass is 32.3. The molecule has 0 aromatic heterocycles. The van der Waals surface area contributed by atoms with Gasteiger partial charge in [-0.2, -0.15) is 47.9 Å². The number of rotatable bonds is 9. The molecule has 5 nitrogen and oxygen atoms in total. The Morgan fingerprint density at radius 1 is 0.767 bits per heavy atom. The molecule has 0 amide bonds. The van der Waals surface area contributed by atoms with Gasteiger partial charge in [0.1, 0.15) is 0 Å². The first-order valence-corrected chi connectivity index (χ1v) is 18.3. The average Bonchev–Trinajstić information content (AvgIpc) is 3.65. The lowest BCUT2D eigenvalue weighted by Crippen LogP contribution is -2.63. The zero-order chi connectivity index (χ0) is 31.9. The molecule has 43 heavy (non-hydrogen) atoms. The number of hydrogen-bond donors (Lipinski definition) is 0. The number of fused-ring (bicyclic) bond motifs is 3. The summed E-state index contributed by atoms with van der Waals surface area (Å²) in [5.74, 6) is -14.4. The molecule has 0 spiro atoms. The molecule has 3 fully saturated rings. The van der Waals surface area contributed by atoms with Gasteiger partial charge in [-0.25, -0.2) is 12.0 Å². The Hall–Kier alpha value is -1.72. The molecule has 242 valence electrons. The lowest BCUT2D eigenvalue weighted by Gasteiger charge is -2.38. The summed E-state index contributed by atoms with van der Waals surface area (Å²) in [6.07, 6.45) is -2.86. The molecule has 1 aliphatic heterocycles. The molecule has 2 aromatic carbocycles. The van der Waals surface area contributed by atoms with Crippen LogP contribution in [-0.4, -0.2) is 57.4 Å². The molecule has 1 saturated heterocycles. The van der Waals surface area contributed by atoms with E-state index in [4.69, 9.17) is 0 Å². The Morgan fingerprint density at radius 3 is 1.93 bits per heavy atom. The van der Waals surface area contributed by atoms with Crippen molar-refractivity contribution >= 4 is 41.0 Å². The lowest BCUT2D eigenvalue weighted by molar-refractivity contribution is -0.382. The molecule has 0 N–H and O–H groups in total. The number of sulfone groups is 1. The summed E-state index contributed by atoms with van der Waals surface area (Å²) in [6.45, 7) is 0. The summed E-state index contributed by atoms with van der Waals surface area (Å²) in [5.41, 5.74) is 0. The molecule has 0 radical (unpaired) electrons. The summed E-state index contributed by atoms with van der Waals surface area (Å²) in [7, 11) is -14.1. The predicted octanol–water partition coefficient (Wildman–Crippen LogP) is 7.69. The molecule has 2 aromatic rings. The van der Waals surface area contributed by atoms with Crippen LogP contribution in [0.15, 0.2) is 46.2 Å². The molecular weight excluding hydrogens is 659 g/mol. The standard InChI is InChI=1S/C26H27F9O5S3/c27-23(28,25(31,32)33)24(29,30)26(34,35)43(38,39)40-41(9-1-2-10-41)21-7-5-19-14-22(8-6-18(19)13-21)42(36,37)15-20-12-16-3-4-17(20)11-16/h5-8,13-14,16-17,20H,1-4,9-12,15H2. The Kier molecular flexibility index (Phi) is 7.91. The van der Waals surface area contributed by atoms with Gasteiger partial charge in [-0.05, 0) is 84.9 Å². The van der Waals surface area contributed by atoms with E-state index in [-0.39, 0.29) is 45.8 Å². The van der Waals surface area contributed by atoms with E-state index in [1.807, 2.05) is 0 Å². The molecule has 1 heterocycles. The zero-order valence-electron chi connectivity index (χ0n) is 22.2. The maximum atomic E-state index is 14.5. The van der Waals surface area contributed by atoms with Gasteiger partial charge in [0.05, 0.1) is 10.6 Å². The molecule has 2 bridgehead atoms. The van der Waals surface area contributed by atoms with Gasteiger partial charge in [0.2, 0.25) is 0 Å². The van der Waals surface area contributed by atoms with E-state index in [1.54, 1.807) is 0 Å². The van der Waals surface area contributed by atoms with Crippen molar-refractivity contribution in [3.63, 3.8) is 0 Å². The second-order valence-electron chi connectivity index (χ2n) is 11.5. The third-order valence-electron chi connectivity index (χ3n) is 8.74. The minimum absolute atomic E-state index is 0.0110. The summed E-state index contributed by atoms with van der Waals surface area (Å²) in [4.78, 5) is -0.00916. The van der Waals surface area contributed by atoms with E-state index >= 15 is 0 Å². The lowest BCUT2D eigenvalue weighted by atomic mass is 9.90. The first-order valence-electron chi connectivity index (χ1n) is 13.3. The van der Waals surface area contributed by atoms with E-state index in [1.165, 1.54) is 36.4 Å². The quantitative estimate of drug-likeness (QED) is 0.253. The van der Waals surface area contributed by atoms with Crippen molar-refractivity contribution in [2.75, 3.05) is 17.3 Å². The van der Waals surface area contributed by atoms with Crippen LogP contribution in [0.25, 0.3) is 10.8 Å². The van der Waals surface area contributed by atoms with Crippen molar-refractivity contribution in [2.45, 2.75) is 71.6 Å². The molecule has 5 rings (SSSR count). The highest BCUT2D eigenvalue weighted by Gasteiger charge is 2.86. The summed E-state index contributed by atoms with van der Waals surface area (Å²) < 4.78 is 177. The fraction of sp³-hybridized carbons (Fsp3) is 0.615. The van der Waals surface area contributed by atoms with E-state index in [0.717, 1.165) is 25.7 Å². The molecule has 3 unspecified atom stereocenters. The van der Waals surface area contributed by atoms with Gasteiger partial charge in [0.15, 0.2) is 9.84 Å². The van der Waals surface area contributed by atoms with Crippen LogP contribution in [0.5, 0.6) is 0 Å². The first kappa shape index (κ1) is 32.7. The van der Waals surface area contributed by atoms with Crippen molar-refractivity contribution in [3.8, 4) is 0 Å². The third kappa shape index (κ3) is 5.33. The topological polar surface area (TPSA) is 77.5 Å². The van der Waals surface area contributed by atoms with Gasteiger partial charge in [-0.3, -0.25) is 0 Å². The van der Waals surface area contributed by atoms with Crippen molar-refractivity contribution in [1.29, 1.82) is 0 Å². The third-order valence-corrected chi connectivity index (χ3v) is 16.2. The minimum Gasteiger partial charge on any atom is -0.224 e. The van der Waals surface area contributed by atoms with Crippen molar-refractivity contribution in [2.24, 2.45) is 17.8 Å². The van der Waals surface area contributed by atoms with Gasteiger partial charge in [-0.15, -0.1) is 0 Å². The highest BCUT2D eigenvalue weighted by Crippen LogP contribution is 2.65. The first-order chi connectivity index (χ1) is 19.6. The summed E-state index contributed by atoms with van der Waals surface area (Å²) in [6, 6.07) is 8.00. The van der Waals surface area contributed by atoms with Gasteiger partial charge in [-0.1, -0.05) is 28.9 Å². The van der Waals surface area contributed by atoms with E-state index < -0.39 is 53.5 Å². The largest absolute Gasteiger partial charge is 0.460 e. The molecule has 3 aliphatic rings. The number of benzene rings is 2. The van der Waals surface area contributed by atoms with E-state index in [9.17, 15) is 56.3 Å². The van der Waals surface area contributed by atoms with E-state index in [0.29, 0.717) is 22.6 Å². The maximum absolute atomic E-state index is 14.5. The SMILES string of the molecule is O=S(=O)(CC1CC2CCC1C2)c1ccc2cc(S3(OS(=O)(=O)C(F)(F)C(F)(F)C(F)(F)C(F)(F)F)CCCC3)ccc2c1. The fourth-order valence-electron chi connectivity index (χ4n) is 6.43. The fourth-order valence-corrected chi connectivity index (χ4v) is 13.9. The van der Waals surface area contributed by atoms with Crippen LogP contribution < -0.4 is 0 Å². The Balaban J connectivity index is 1.44. The Labute approximate surface area is 243 Å². The van der Waals surface area contributed by atoms with Crippen molar-refractivity contribution < 1.29 is 60.0 Å². The predicted molar refractivity (Wildman–Crippen MR) is 141 cm³/mol. The van der Waals surface area contributed by atoms with Crippen LogP contribution in [0.4, 0.5) is 39.5 Å². The van der Waals surface area contributed by atoms with Gasteiger partial charge in [0, 0.05) is 16.4 Å². The van der Waals surface area contributed by atoms with Crippen LogP contribution in [-0.2, 0) is 23.6 Å². The summed E-state index contributed by atoms with van der Waals surface area (Å²) in [5, 5.41) is -6.26. The summed E-state index contributed by atoms with van der Waals surface area (Å²) >= 11 is 0. The molecule has 2 aliphatic carbocycles.